The molecule has 1 N–H and O–H groups in total. The first-order valence-electron chi connectivity index (χ1n) is 6.89. The van der Waals surface area contributed by atoms with Crippen molar-refractivity contribution in [2.75, 3.05) is 46.5 Å². The molecule has 1 aromatic rings. The van der Waals surface area contributed by atoms with E-state index in [9.17, 15) is 4.79 Å². The van der Waals surface area contributed by atoms with Crippen molar-refractivity contribution >= 4 is 5.91 Å². The predicted octanol–water partition coefficient (Wildman–Crippen LogP) is 0.542. The van der Waals surface area contributed by atoms with E-state index in [1.807, 2.05) is 0 Å². The lowest BCUT2D eigenvalue weighted by molar-refractivity contribution is 0.0374. The van der Waals surface area contributed by atoms with Gasteiger partial charge in [0.2, 0.25) is 5.88 Å². The summed E-state index contributed by atoms with van der Waals surface area (Å²) in [5.41, 5.74) is 0.385. The smallest absolute Gasteiger partial charge is 0.270 e. The van der Waals surface area contributed by atoms with Crippen molar-refractivity contribution in [2.45, 2.75) is 6.42 Å². The number of hydrogen-bond acceptors (Lipinski definition) is 5. The quantitative estimate of drug-likeness (QED) is 0.770. The minimum absolute atomic E-state index is 0.161. The van der Waals surface area contributed by atoms with Crippen LogP contribution in [-0.4, -0.2) is 62.3 Å². The van der Waals surface area contributed by atoms with Crippen molar-refractivity contribution in [1.29, 1.82) is 0 Å². The van der Waals surface area contributed by atoms with Gasteiger partial charge in [-0.3, -0.25) is 9.69 Å². The summed E-state index contributed by atoms with van der Waals surface area (Å²) in [5, 5.41) is 2.87. The number of carbonyl (C=O) groups is 1. The highest BCUT2D eigenvalue weighted by atomic mass is 16.5. The Morgan fingerprint density at radius 1 is 1.45 bits per heavy atom. The van der Waals surface area contributed by atoms with Crippen LogP contribution in [0.3, 0.4) is 0 Å². The van der Waals surface area contributed by atoms with Crippen molar-refractivity contribution in [3.05, 3.63) is 23.9 Å². The Balaban J connectivity index is 1.69. The number of carbonyl (C=O) groups excluding carboxylic acids is 1. The van der Waals surface area contributed by atoms with Gasteiger partial charge < -0.3 is 14.8 Å². The summed E-state index contributed by atoms with van der Waals surface area (Å²) >= 11 is 0. The number of nitrogens with one attached hydrogen (secondary N) is 1. The molecule has 1 amide bonds. The van der Waals surface area contributed by atoms with Gasteiger partial charge in [-0.15, -0.1) is 0 Å². The van der Waals surface area contributed by atoms with Crippen LogP contribution in [0, 0.1) is 0 Å². The molecule has 6 nitrogen and oxygen atoms in total. The molecule has 2 rings (SSSR count). The second kappa shape index (κ2) is 7.81. The average Bonchev–Trinajstić information content (AvgIpc) is 2.52. The zero-order chi connectivity index (χ0) is 14.2. The first kappa shape index (κ1) is 14.7. The zero-order valence-electron chi connectivity index (χ0n) is 11.8. The summed E-state index contributed by atoms with van der Waals surface area (Å²) in [6, 6.07) is 5.16. The monoisotopic (exact) mass is 279 g/mol. The molecule has 0 unspecified atom stereocenters. The summed E-state index contributed by atoms with van der Waals surface area (Å²) in [7, 11) is 1.53. The lowest BCUT2D eigenvalue weighted by atomic mass is 10.3. The van der Waals surface area contributed by atoms with Crippen molar-refractivity contribution in [3.8, 4) is 5.88 Å². The van der Waals surface area contributed by atoms with Crippen LogP contribution < -0.4 is 10.1 Å². The molecule has 0 atom stereocenters. The van der Waals surface area contributed by atoms with Crippen LogP contribution in [0.15, 0.2) is 18.2 Å². The van der Waals surface area contributed by atoms with E-state index in [4.69, 9.17) is 9.47 Å². The molecular formula is C14H21N3O3. The first-order valence-corrected chi connectivity index (χ1v) is 6.89. The van der Waals surface area contributed by atoms with Crippen LogP contribution in [0.25, 0.3) is 0 Å². The van der Waals surface area contributed by atoms with E-state index in [-0.39, 0.29) is 5.91 Å². The van der Waals surface area contributed by atoms with Gasteiger partial charge in [-0.25, -0.2) is 4.98 Å². The molecule has 1 aromatic heterocycles. The minimum Gasteiger partial charge on any atom is -0.481 e. The Bertz CT molecular complexity index is 433. The van der Waals surface area contributed by atoms with Crippen molar-refractivity contribution < 1.29 is 14.3 Å². The van der Waals surface area contributed by atoms with Crippen LogP contribution in [0.2, 0.25) is 0 Å². The minimum atomic E-state index is -0.161. The highest BCUT2D eigenvalue weighted by Gasteiger charge is 2.10. The Morgan fingerprint density at radius 3 is 3.00 bits per heavy atom. The number of pyridine rings is 1. The number of aromatic nitrogens is 1. The summed E-state index contributed by atoms with van der Waals surface area (Å²) in [4.78, 5) is 18.3. The van der Waals surface area contributed by atoms with Crippen LogP contribution in [0.4, 0.5) is 0 Å². The third kappa shape index (κ3) is 4.47. The second-order valence-electron chi connectivity index (χ2n) is 4.63. The van der Waals surface area contributed by atoms with Gasteiger partial charge >= 0.3 is 0 Å². The van der Waals surface area contributed by atoms with Crippen LogP contribution in [0.1, 0.15) is 16.9 Å². The maximum Gasteiger partial charge on any atom is 0.270 e. The first-order chi connectivity index (χ1) is 9.79. The van der Waals surface area contributed by atoms with Gasteiger partial charge in [0.15, 0.2) is 0 Å². The SMILES string of the molecule is COc1cccc(C(=O)NCCCN2CCOCC2)n1. The lowest BCUT2D eigenvalue weighted by Gasteiger charge is -2.26. The summed E-state index contributed by atoms with van der Waals surface area (Å²) in [6.45, 7) is 5.20. The van der Waals surface area contributed by atoms with Crippen molar-refractivity contribution in [1.82, 2.24) is 15.2 Å². The number of methoxy groups -OCH3 is 1. The fourth-order valence-electron chi connectivity index (χ4n) is 2.07. The van der Waals surface area contributed by atoms with Crippen LogP contribution in [0.5, 0.6) is 5.88 Å². The Hall–Kier alpha value is -1.66. The molecule has 20 heavy (non-hydrogen) atoms. The number of hydrogen-bond donors (Lipinski definition) is 1. The molecule has 1 aliphatic heterocycles. The summed E-state index contributed by atoms with van der Waals surface area (Å²) < 4.78 is 10.3. The van der Waals surface area contributed by atoms with E-state index in [0.717, 1.165) is 39.3 Å². The number of amides is 1. The molecule has 0 saturated carbocycles. The fourth-order valence-corrected chi connectivity index (χ4v) is 2.07. The third-order valence-electron chi connectivity index (χ3n) is 3.21. The molecule has 1 aliphatic rings. The Kier molecular flexibility index (Phi) is 5.76. The van der Waals surface area contributed by atoms with Gasteiger partial charge in [-0.2, -0.15) is 0 Å². The lowest BCUT2D eigenvalue weighted by Crippen LogP contribution is -2.38. The number of rotatable bonds is 6. The topological polar surface area (TPSA) is 63.7 Å². The molecule has 1 fully saturated rings. The molecule has 0 bridgehead atoms. The maximum atomic E-state index is 11.9. The normalized spacial score (nSPS) is 15.8. The predicted molar refractivity (Wildman–Crippen MR) is 75.0 cm³/mol. The zero-order valence-corrected chi connectivity index (χ0v) is 11.8. The number of nitrogens with zero attached hydrogens (tertiary/aromatic N) is 2. The van der Waals surface area contributed by atoms with Crippen molar-refractivity contribution in [3.63, 3.8) is 0 Å². The van der Waals surface area contributed by atoms with E-state index in [1.54, 1.807) is 18.2 Å². The molecular weight excluding hydrogens is 258 g/mol. The molecule has 0 radical (unpaired) electrons. The van der Waals surface area contributed by atoms with Gasteiger partial charge in [0.25, 0.3) is 5.91 Å². The largest absolute Gasteiger partial charge is 0.481 e. The molecule has 0 aliphatic carbocycles. The third-order valence-corrected chi connectivity index (χ3v) is 3.21. The Labute approximate surface area is 119 Å². The molecule has 6 heteroatoms. The van der Waals surface area contributed by atoms with Gasteiger partial charge in [0.05, 0.1) is 20.3 Å². The van der Waals surface area contributed by atoms with Gasteiger partial charge in [0.1, 0.15) is 5.69 Å². The van der Waals surface area contributed by atoms with Gasteiger partial charge in [-0.05, 0) is 19.0 Å². The molecule has 0 aromatic carbocycles. The summed E-state index contributed by atoms with van der Waals surface area (Å²) in [6.07, 6.45) is 0.926. The molecule has 2 heterocycles. The highest BCUT2D eigenvalue weighted by molar-refractivity contribution is 5.92. The number of morpholine rings is 1. The van der Waals surface area contributed by atoms with E-state index in [0.29, 0.717) is 18.1 Å². The van der Waals surface area contributed by atoms with Crippen LogP contribution in [-0.2, 0) is 4.74 Å². The maximum absolute atomic E-state index is 11.9. The van der Waals surface area contributed by atoms with Crippen LogP contribution >= 0.6 is 0 Å². The van der Waals surface area contributed by atoms with E-state index >= 15 is 0 Å². The summed E-state index contributed by atoms with van der Waals surface area (Å²) in [5.74, 6) is 0.289. The second-order valence-corrected chi connectivity index (χ2v) is 4.63. The van der Waals surface area contributed by atoms with E-state index < -0.39 is 0 Å². The standard InChI is InChI=1S/C14H21N3O3/c1-19-13-5-2-4-12(16-13)14(18)15-6-3-7-17-8-10-20-11-9-17/h2,4-5H,3,6-11H2,1H3,(H,15,18). The molecule has 0 spiro atoms. The average molecular weight is 279 g/mol. The van der Waals surface area contributed by atoms with Gasteiger partial charge in [-0.1, -0.05) is 6.07 Å². The molecule has 1 saturated heterocycles. The van der Waals surface area contributed by atoms with Crippen molar-refractivity contribution in [2.24, 2.45) is 0 Å². The number of ether oxygens (including phenoxy) is 2. The van der Waals surface area contributed by atoms with Gasteiger partial charge in [0, 0.05) is 25.7 Å². The van der Waals surface area contributed by atoms with E-state index in [2.05, 4.69) is 15.2 Å². The van der Waals surface area contributed by atoms with E-state index in [1.165, 1.54) is 7.11 Å². The highest BCUT2D eigenvalue weighted by Crippen LogP contribution is 2.06. The Morgan fingerprint density at radius 2 is 2.25 bits per heavy atom. The fraction of sp³-hybridized carbons (Fsp3) is 0.571. The molecule has 110 valence electrons.